The Labute approximate surface area is 249 Å². The second kappa shape index (κ2) is 12.0. The van der Waals surface area contributed by atoms with Crippen LogP contribution in [0.5, 0.6) is 0 Å². The Bertz CT molecular complexity index is 1400. The first-order valence-electron chi connectivity index (χ1n) is 15.2. The molecule has 0 unspecified atom stereocenters. The maximum Gasteiger partial charge on any atom is 0.225 e. The summed E-state index contributed by atoms with van der Waals surface area (Å²) in [6, 6.07) is 20.5. The van der Waals surface area contributed by atoms with Crippen molar-refractivity contribution in [2.75, 3.05) is 12.4 Å². The lowest BCUT2D eigenvalue weighted by Gasteiger charge is -2.49. The highest BCUT2D eigenvalue weighted by atomic mass is 16.3. The molecule has 2 aromatic carbocycles. The van der Waals surface area contributed by atoms with E-state index in [0.29, 0.717) is 30.9 Å². The van der Waals surface area contributed by atoms with E-state index >= 15 is 0 Å². The zero-order chi connectivity index (χ0) is 30.1. The lowest BCUT2D eigenvalue weighted by molar-refractivity contribution is -0.136. The summed E-state index contributed by atoms with van der Waals surface area (Å²) < 4.78 is 0. The number of hydrogen-bond donors (Lipinski definition) is 3. The summed E-state index contributed by atoms with van der Waals surface area (Å²) >= 11 is 0. The van der Waals surface area contributed by atoms with Crippen molar-refractivity contribution in [2.45, 2.75) is 82.9 Å². The summed E-state index contributed by atoms with van der Waals surface area (Å²) in [5, 5.41) is 13.3. The molecule has 0 spiro atoms. The van der Waals surface area contributed by atoms with E-state index in [2.05, 4.69) is 5.32 Å². The van der Waals surface area contributed by atoms with E-state index in [1.54, 1.807) is 6.20 Å². The number of nitrogens with zero attached hydrogens (tertiary/aromatic N) is 2. The number of amides is 2. The summed E-state index contributed by atoms with van der Waals surface area (Å²) in [4.78, 5) is 32.2. The quantitative estimate of drug-likeness (QED) is 0.304. The van der Waals surface area contributed by atoms with Gasteiger partial charge >= 0.3 is 0 Å². The fraction of sp³-hybridized carbons (Fsp3) is 0.457. The predicted octanol–water partition coefficient (Wildman–Crippen LogP) is 6.12. The number of nitrogens with two attached hydrogens (primary N) is 1. The highest BCUT2D eigenvalue weighted by Gasteiger charge is 2.49. The number of aromatic nitrogens is 1. The number of pyridine rings is 1. The van der Waals surface area contributed by atoms with E-state index < -0.39 is 11.1 Å². The zero-order valence-electron chi connectivity index (χ0n) is 25.3. The summed E-state index contributed by atoms with van der Waals surface area (Å²) in [6.45, 7) is 5.70. The number of nitrogens with one attached hydrogen (secondary N) is 1. The average Bonchev–Trinajstić information content (AvgIpc) is 2.96. The van der Waals surface area contributed by atoms with Gasteiger partial charge < -0.3 is 21.1 Å². The molecule has 7 heteroatoms. The van der Waals surface area contributed by atoms with Gasteiger partial charge in [0.25, 0.3) is 0 Å². The Balaban J connectivity index is 1.27. The first-order chi connectivity index (χ1) is 19.9. The highest BCUT2D eigenvalue weighted by molar-refractivity contribution is 5.93. The van der Waals surface area contributed by atoms with E-state index in [9.17, 15) is 14.7 Å². The van der Waals surface area contributed by atoms with Gasteiger partial charge in [-0.25, -0.2) is 0 Å². The van der Waals surface area contributed by atoms with Crippen LogP contribution in [-0.2, 0) is 15.1 Å². The molecule has 0 aliphatic heterocycles. The van der Waals surface area contributed by atoms with Gasteiger partial charge in [0.05, 0.1) is 23.2 Å². The van der Waals surface area contributed by atoms with Crippen molar-refractivity contribution in [3.8, 4) is 22.4 Å². The van der Waals surface area contributed by atoms with Crippen molar-refractivity contribution in [1.29, 1.82) is 0 Å². The van der Waals surface area contributed by atoms with Crippen molar-refractivity contribution in [1.82, 2.24) is 9.88 Å². The van der Waals surface area contributed by atoms with Gasteiger partial charge in [0, 0.05) is 42.1 Å². The van der Waals surface area contributed by atoms with Crippen molar-refractivity contribution in [3.05, 3.63) is 72.4 Å². The minimum atomic E-state index is -0.709. The number of carbonyl (C=O) groups excluding carboxylic acids is 2. The van der Waals surface area contributed by atoms with Crippen LogP contribution in [0.4, 0.5) is 5.69 Å². The number of hydrogen-bond acceptors (Lipinski definition) is 5. The third kappa shape index (κ3) is 6.58. The van der Waals surface area contributed by atoms with Crippen LogP contribution in [-0.4, -0.2) is 45.5 Å². The van der Waals surface area contributed by atoms with E-state index in [1.165, 1.54) is 0 Å². The molecular weight excluding hydrogens is 524 g/mol. The molecule has 0 atom stereocenters. The molecule has 0 bridgehead atoms. The van der Waals surface area contributed by atoms with Crippen molar-refractivity contribution in [3.63, 3.8) is 0 Å². The highest BCUT2D eigenvalue weighted by Crippen LogP contribution is 2.46. The topological polar surface area (TPSA) is 109 Å². The first-order valence-corrected chi connectivity index (χ1v) is 15.2. The van der Waals surface area contributed by atoms with E-state index in [1.807, 2.05) is 93.4 Å². The van der Waals surface area contributed by atoms with E-state index in [-0.39, 0.29) is 23.8 Å². The van der Waals surface area contributed by atoms with Crippen LogP contribution in [0.3, 0.4) is 0 Å². The maximum absolute atomic E-state index is 13.1. The summed E-state index contributed by atoms with van der Waals surface area (Å²) in [7, 11) is 1.91. The Morgan fingerprint density at radius 2 is 1.67 bits per heavy atom. The van der Waals surface area contributed by atoms with Crippen LogP contribution in [0, 0.1) is 11.8 Å². The van der Waals surface area contributed by atoms with Crippen LogP contribution in [0.25, 0.3) is 22.4 Å². The fourth-order valence-electron chi connectivity index (χ4n) is 6.87. The Morgan fingerprint density at radius 1 is 1.02 bits per heavy atom. The largest absolute Gasteiger partial charge is 0.390 e. The first kappa shape index (κ1) is 29.9. The predicted molar refractivity (Wildman–Crippen MR) is 167 cm³/mol. The second-order valence-electron chi connectivity index (χ2n) is 13.1. The summed E-state index contributed by atoms with van der Waals surface area (Å²) in [6.07, 6.45) is 7.02. The lowest BCUT2D eigenvalue weighted by Crippen LogP contribution is -2.58. The van der Waals surface area contributed by atoms with Gasteiger partial charge in [0.1, 0.15) is 0 Å². The Hall–Kier alpha value is -3.55. The molecule has 7 nitrogen and oxygen atoms in total. The fourth-order valence-corrected chi connectivity index (χ4v) is 6.87. The third-order valence-corrected chi connectivity index (χ3v) is 9.06. The molecular formula is C35H44N4O3. The van der Waals surface area contributed by atoms with Crippen LogP contribution in [0.1, 0.15) is 71.3 Å². The molecule has 0 saturated heterocycles. The molecule has 4 N–H and O–H groups in total. The molecule has 5 rings (SSSR count). The maximum atomic E-state index is 13.1. The van der Waals surface area contributed by atoms with Gasteiger partial charge in [-0.1, -0.05) is 68.4 Å². The van der Waals surface area contributed by atoms with Crippen molar-refractivity contribution < 1.29 is 14.7 Å². The average molecular weight is 569 g/mol. The molecule has 42 heavy (non-hydrogen) atoms. The number of anilines is 1. The molecule has 2 fully saturated rings. The summed E-state index contributed by atoms with van der Waals surface area (Å²) in [5.74, 6) is 0.497. The van der Waals surface area contributed by atoms with Gasteiger partial charge in [-0.3, -0.25) is 14.6 Å². The second-order valence-corrected chi connectivity index (χ2v) is 13.1. The van der Waals surface area contributed by atoms with Crippen LogP contribution >= 0.6 is 0 Å². The van der Waals surface area contributed by atoms with E-state index in [0.717, 1.165) is 53.6 Å². The van der Waals surface area contributed by atoms with Crippen LogP contribution in [0.15, 0.2) is 66.9 Å². The smallest absolute Gasteiger partial charge is 0.225 e. The number of carbonyl (C=O) groups is 2. The van der Waals surface area contributed by atoms with Gasteiger partial charge in [0.15, 0.2) is 0 Å². The Morgan fingerprint density at radius 3 is 2.26 bits per heavy atom. The molecule has 2 aliphatic rings. The van der Waals surface area contributed by atoms with Gasteiger partial charge in [-0.2, -0.15) is 0 Å². The van der Waals surface area contributed by atoms with E-state index in [4.69, 9.17) is 10.7 Å². The normalized spacial score (nSPS) is 25.5. The van der Waals surface area contributed by atoms with Gasteiger partial charge in [-0.15, -0.1) is 0 Å². The SMILES string of the molecule is CC(C)C(=O)N(C)C1CCC(CC(=O)Nc2cnc(-c3ccc([C@]4(N)C[C@](C)(O)C4)cc3)c(-c3ccccc3)c2)CC1. The molecule has 2 aliphatic carbocycles. The molecule has 222 valence electrons. The molecule has 1 aromatic heterocycles. The van der Waals surface area contributed by atoms with Crippen LogP contribution < -0.4 is 11.1 Å². The molecule has 2 saturated carbocycles. The zero-order valence-corrected chi connectivity index (χ0v) is 25.3. The molecule has 1 heterocycles. The standard InChI is InChI=1S/C35H44N4O3/c1-23(2)33(41)39(4)29-16-10-24(11-17-29)18-31(40)38-28-19-30(25-8-6-5-7-9-25)32(37-20-28)26-12-14-27(15-13-26)35(36)21-34(3,42)22-35/h5-9,12-15,19-20,23-24,29,42H,10-11,16-18,21-22,36H2,1-4H3,(H,38,40)/t24?,29?,34-,35-. The monoisotopic (exact) mass is 568 g/mol. The minimum Gasteiger partial charge on any atom is -0.390 e. The van der Waals surface area contributed by atoms with Crippen molar-refractivity contribution >= 4 is 17.5 Å². The molecule has 3 aromatic rings. The minimum absolute atomic E-state index is 0.00253. The van der Waals surface area contributed by atoms with Crippen molar-refractivity contribution in [2.24, 2.45) is 17.6 Å². The Kier molecular flexibility index (Phi) is 8.53. The number of benzene rings is 2. The molecule has 2 amide bonds. The third-order valence-electron chi connectivity index (χ3n) is 9.06. The molecule has 0 radical (unpaired) electrons. The number of rotatable bonds is 8. The van der Waals surface area contributed by atoms with Crippen LogP contribution in [0.2, 0.25) is 0 Å². The summed E-state index contributed by atoms with van der Waals surface area (Å²) in [5.41, 5.74) is 10.8. The number of aliphatic hydroxyl groups is 1. The van der Waals surface area contributed by atoms with Gasteiger partial charge in [0.2, 0.25) is 11.8 Å². The van der Waals surface area contributed by atoms with Gasteiger partial charge in [-0.05, 0) is 68.6 Å². The lowest BCUT2D eigenvalue weighted by atomic mass is 9.63.